The van der Waals surface area contributed by atoms with E-state index in [9.17, 15) is 0 Å². The average molecular weight is 807 g/mol. The lowest BCUT2D eigenvalue weighted by Crippen LogP contribution is -2.43. The minimum absolute atomic E-state index is 0.0434. The highest BCUT2D eigenvalue weighted by molar-refractivity contribution is 6.80. The smallest absolute Gasteiger partial charge is 0.324 e. The molecule has 5 aromatic rings. The Morgan fingerprint density at radius 2 is 1.39 bits per heavy atom. The standard InChI is InChI=1S/C59H59BN2/c1-10-36(2)31-42-22-14-11-19-40-20-12-16-26-47-55-38(4)43-23-17-18-25-45(43)48(55)34-54-57(47)62(60(42)39(40)5)52-28-27-46-44-24-15-13-21-41(44)33-49(46)56(52)61(54)53-35-51-50(32-37(53)3)58(6,7)29-30-59(51,8)9/h11-28,31-32,34-36,38H,10,29-30,33H2,1-9H3/b19-11-,20-12-,22-14-,26-16+,40-39-,42-31+. The molecule has 3 aliphatic heterocycles. The summed E-state index contributed by atoms with van der Waals surface area (Å²) in [5, 5.41) is 0. The molecule has 5 aromatic carbocycles. The van der Waals surface area contributed by atoms with Gasteiger partial charge in [-0.2, -0.15) is 0 Å². The van der Waals surface area contributed by atoms with Crippen LogP contribution >= 0.6 is 0 Å². The lowest BCUT2D eigenvalue weighted by molar-refractivity contribution is 0.332. The summed E-state index contributed by atoms with van der Waals surface area (Å²) in [5.41, 5.74) is 27.4. The largest absolute Gasteiger partial charge is 0.373 e. The summed E-state index contributed by atoms with van der Waals surface area (Å²) in [7, 11) is 0. The van der Waals surface area contributed by atoms with Gasteiger partial charge in [0.1, 0.15) is 0 Å². The van der Waals surface area contributed by atoms with E-state index in [1.165, 1.54) is 125 Å². The van der Waals surface area contributed by atoms with Gasteiger partial charge in [0.05, 0.1) is 22.7 Å². The van der Waals surface area contributed by atoms with Gasteiger partial charge in [0, 0.05) is 23.6 Å². The number of hydrogen-bond donors (Lipinski definition) is 0. The zero-order valence-corrected chi connectivity index (χ0v) is 38.2. The number of benzene rings is 5. The number of allylic oxidation sites excluding steroid dienone is 11. The normalized spacial score (nSPS) is 23.7. The summed E-state index contributed by atoms with van der Waals surface area (Å²) < 4.78 is 0. The average Bonchev–Trinajstić information content (AvgIpc) is 3.78. The molecule has 0 N–H and O–H groups in total. The van der Waals surface area contributed by atoms with E-state index in [-0.39, 0.29) is 23.6 Å². The van der Waals surface area contributed by atoms with Crippen LogP contribution in [0.1, 0.15) is 125 Å². The maximum absolute atomic E-state index is 2.80. The van der Waals surface area contributed by atoms with Crippen molar-refractivity contribution in [1.82, 2.24) is 0 Å². The quantitative estimate of drug-likeness (QED) is 0.164. The van der Waals surface area contributed by atoms with Crippen molar-refractivity contribution in [3.05, 3.63) is 188 Å². The van der Waals surface area contributed by atoms with E-state index in [1.54, 1.807) is 0 Å². The molecule has 62 heavy (non-hydrogen) atoms. The molecule has 0 spiro atoms. The molecular formula is C59H59BN2. The monoisotopic (exact) mass is 806 g/mol. The van der Waals surface area contributed by atoms with Crippen LogP contribution in [0.2, 0.25) is 0 Å². The van der Waals surface area contributed by atoms with Gasteiger partial charge in [0.15, 0.2) is 0 Å². The Morgan fingerprint density at radius 3 is 2.15 bits per heavy atom. The van der Waals surface area contributed by atoms with Gasteiger partial charge in [-0.1, -0.05) is 181 Å². The number of nitrogens with zero attached hydrogens (tertiary/aromatic N) is 2. The fourth-order valence-electron chi connectivity index (χ4n) is 12.0. The zero-order chi connectivity index (χ0) is 42.8. The summed E-state index contributed by atoms with van der Waals surface area (Å²) >= 11 is 0. The number of rotatable bonds is 3. The molecule has 2 unspecified atom stereocenters. The van der Waals surface area contributed by atoms with Crippen LogP contribution in [0, 0.1) is 12.8 Å². The van der Waals surface area contributed by atoms with Crippen molar-refractivity contribution in [2.75, 3.05) is 9.71 Å². The fraction of sp³-hybridized carbons (Fsp3) is 0.288. The zero-order valence-electron chi connectivity index (χ0n) is 38.2. The first-order valence-electron chi connectivity index (χ1n) is 23.3. The molecule has 3 heterocycles. The second-order valence-electron chi connectivity index (χ2n) is 20.4. The first-order valence-corrected chi connectivity index (χ1v) is 23.3. The predicted octanol–water partition coefficient (Wildman–Crippen LogP) is 16.0. The van der Waals surface area contributed by atoms with E-state index in [1.807, 2.05) is 0 Å². The predicted molar refractivity (Wildman–Crippen MR) is 267 cm³/mol. The van der Waals surface area contributed by atoms with Crippen molar-refractivity contribution >= 4 is 41.4 Å². The van der Waals surface area contributed by atoms with E-state index >= 15 is 0 Å². The van der Waals surface area contributed by atoms with Crippen LogP contribution in [0.25, 0.3) is 28.3 Å². The SMILES string of the molecule is CCC(C)\C=C1/C=C\C=C/C2=C(\C)B1N1c3ccc4c(c3N(c3cc5c(cc3C)C(C)(C)CCC5(C)C)c3cc5c(c(c31)/C=C/C=C\2)C(C)c1ccccc1-5)Cc1ccccc1-4. The van der Waals surface area contributed by atoms with Crippen LogP contribution in [0.3, 0.4) is 0 Å². The summed E-state index contributed by atoms with van der Waals surface area (Å²) in [4.78, 5) is 5.55. The van der Waals surface area contributed by atoms with Gasteiger partial charge in [-0.15, -0.1) is 0 Å². The van der Waals surface area contributed by atoms with Crippen molar-refractivity contribution in [3.63, 3.8) is 0 Å². The summed E-state index contributed by atoms with van der Waals surface area (Å²) in [5.74, 6) is 0.676. The molecule has 0 fully saturated rings. The van der Waals surface area contributed by atoms with Crippen LogP contribution in [-0.4, -0.2) is 6.85 Å². The molecule has 3 heteroatoms. The molecule has 0 aromatic heterocycles. The van der Waals surface area contributed by atoms with E-state index in [2.05, 4.69) is 206 Å². The molecule has 6 aliphatic rings. The van der Waals surface area contributed by atoms with Crippen LogP contribution in [0.4, 0.5) is 28.4 Å². The van der Waals surface area contributed by atoms with E-state index in [0.717, 1.165) is 12.8 Å². The number of aryl methyl sites for hydroxylation is 1. The molecule has 308 valence electrons. The summed E-state index contributed by atoms with van der Waals surface area (Å²) in [6, 6.07) is 31.0. The number of fused-ring (bicyclic) bond motifs is 13. The Kier molecular flexibility index (Phi) is 8.90. The molecule has 3 aliphatic carbocycles. The Morgan fingerprint density at radius 1 is 0.710 bits per heavy atom. The third-order valence-corrected chi connectivity index (χ3v) is 15.7. The van der Waals surface area contributed by atoms with Crippen molar-refractivity contribution in [3.8, 4) is 22.3 Å². The Hall–Kier alpha value is -5.80. The van der Waals surface area contributed by atoms with Crippen LogP contribution in [-0.2, 0) is 17.3 Å². The van der Waals surface area contributed by atoms with Crippen LogP contribution in [0.5, 0.6) is 0 Å². The van der Waals surface area contributed by atoms with Gasteiger partial charge < -0.3 is 9.71 Å². The third kappa shape index (κ3) is 5.69. The number of hydrogen-bond acceptors (Lipinski definition) is 2. The fourth-order valence-corrected chi connectivity index (χ4v) is 12.0. The maximum Gasteiger partial charge on any atom is 0.324 e. The molecular weight excluding hydrogens is 747 g/mol. The highest BCUT2D eigenvalue weighted by Gasteiger charge is 2.46. The van der Waals surface area contributed by atoms with Gasteiger partial charge in [-0.3, -0.25) is 0 Å². The van der Waals surface area contributed by atoms with Crippen molar-refractivity contribution < 1.29 is 0 Å². The summed E-state index contributed by atoms with van der Waals surface area (Å²) in [6.07, 6.45) is 25.5. The Balaban J connectivity index is 1.32. The van der Waals surface area contributed by atoms with Crippen LogP contribution < -0.4 is 9.71 Å². The molecule has 0 saturated heterocycles. The minimum Gasteiger partial charge on any atom is -0.373 e. The van der Waals surface area contributed by atoms with Gasteiger partial charge >= 0.3 is 6.85 Å². The van der Waals surface area contributed by atoms with Gasteiger partial charge in [-0.05, 0) is 128 Å². The van der Waals surface area contributed by atoms with Gasteiger partial charge in [-0.25, -0.2) is 0 Å². The molecule has 0 saturated carbocycles. The Labute approximate surface area is 370 Å². The molecule has 2 nitrogen and oxygen atoms in total. The topological polar surface area (TPSA) is 6.48 Å². The number of anilines is 5. The van der Waals surface area contributed by atoms with E-state index in [4.69, 9.17) is 0 Å². The molecule has 0 amide bonds. The highest BCUT2D eigenvalue weighted by Crippen LogP contribution is 2.63. The Bertz CT molecular complexity index is 2940. The second kappa shape index (κ2) is 14.1. The minimum atomic E-state index is -0.0434. The van der Waals surface area contributed by atoms with Crippen molar-refractivity contribution in [2.24, 2.45) is 5.92 Å². The van der Waals surface area contributed by atoms with E-state index < -0.39 is 0 Å². The lowest BCUT2D eigenvalue weighted by atomic mass is 9.45. The molecule has 11 rings (SSSR count). The molecule has 2 atom stereocenters. The van der Waals surface area contributed by atoms with E-state index in [0.29, 0.717) is 5.92 Å². The molecule has 2 bridgehead atoms. The van der Waals surface area contributed by atoms with Crippen molar-refractivity contribution in [1.29, 1.82) is 0 Å². The molecule has 0 radical (unpaired) electrons. The highest BCUT2D eigenvalue weighted by atomic mass is 15.3. The third-order valence-electron chi connectivity index (χ3n) is 15.7. The van der Waals surface area contributed by atoms with Crippen molar-refractivity contribution in [2.45, 2.75) is 105 Å². The van der Waals surface area contributed by atoms with Gasteiger partial charge in [0.25, 0.3) is 0 Å². The second-order valence-corrected chi connectivity index (χ2v) is 20.4. The van der Waals surface area contributed by atoms with Gasteiger partial charge in [0.2, 0.25) is 0 Å². The first kappa shape index (κ1) is 39.1. The first-order chi connectivity index (χ1) is 29.9. The van der Waals surface area contributed by atoms with Crippen LogP contribution in [0.15, 0.2) is 144 Å². The summed E-state index contributed by atoms with van der Waals surface area (Å²) in [6.45, 7) is 21.7. The maximum atomic E-state index is 2.80. The lowest BCUT2D eigenvalue weighted by Gasteiger charge is -2.48.